The number of nitrogens with zero attached hydrogens (tertiary/aromatic N) is 2. The molecule has 0 amide bonds. The van der Waals surface area contributed by atoms with E-state index in [1.165, 1.54) is 38.5 Å². The number of para-hydroxylation sites is 1. The van der Waals surface area contributed by atoms with Crippen LogP contribution in [0.1, 0.15) is 16.7 Å². The summed E-state index contributed by atoms with van der Waals surface area (Å²) in [4.78, 5) is 4.47. The Bertz CT molecular complexity index is 965. The number of rotatable bonds is 2. The fourth-order valence-corrected chi connectivity index (χ4v) is 3.43. The van der Waals surface area contributed by atoms with E-state index in [0.717, 1.165) is 6.42 Å². The molecular formula is C20H18N2. The maximum atomic E-state index is 4.47. The van der Waals surface area contributed by atoms with Crippen LogP contribution in [-0.2, 0) is 13.5 Å². The molecule has 0 saturated heterocycles. The van der Waals surface area contributed by atoms with E-state index in [1.807, 2.05) is 12.4 Å². The van der Waals surface area contributed by atoms with Gasteiger partial charge in [-0.2, -0.15) is 0 Å². The molecule has 0 bridgehead atoms. The molecule has 2 nitrogen and oxygen atoms in total. The standard InChI is InChI=1S/C20H18N2/c1-14-7-6-10-17-19-16(11-15-8-4-3-5-9-15)12-21-13-18(19)22(2)20(14)17/h3-10,12-13H,11H2,1-2H3. The molecule has 0 fully saturated rings. The molecule has 0 radical (unpaired) electrons. The first-order valence-corrected chi connectivity index (χ1v) is 7.60. The Balaban J connectivity index is 2.02. The normalized spacial score (nSPS) is 11.4. The average molecular weight is 286 g/mol. The van der Waals surface area contributed by atoms with E-state index in [2.05, 4.69) is 72.1 Å². The third kappa shape index (κ3) is 1.92. The lowest BCUT2D eigenvalue weighted by Gasteiger charge is -2.04. The first-order chi connectivity index (χ1) is 10.8. The quantitative estimate of drug-likeness (QED) is 0.525. The van der Waals surface area contributed by atoms with Crippen LogP contribution in [0, 0.1) is 6.92 Å². The van der Waals surface area contributed by atoms with Crippen molar-refractivity contribution in [2.24, 2.45) is 7.05 Å². The molecule has 2 heterocycles. The summed E-state index contributed by atoms with van der Waals surface area (Å²) in [6, 6.07) is 17.1. The predicted octanol–water partition coefficient (Wildman–Crippen LogP) is 4.63. The van der Waals surface area contributed by atoms with Crippen molar-refractivity contribution in [3.05, 3.63) is 77.6 Å². The van der Waals surface area contributed by atoms with Crippen LogP contribution >= 0.6 is 0 Å². The number of pyridine rings is 1. The summed E-state index contributed by atoms with van der Waals surface area (Å²) in [5.74, 6) is 0. The molecular weight excluding hydrogens is 268 g/mol. The van der Waals surface area contributed by atoms with Crippen molar-refractivity contribution in [2.45, 2.75) is 13.3 Å². The topological polar surface area (TPSA) is 17.8 Å². The first kappa shape index (κ1) is 13.1. The molecule has 2 aromatic heterocycles. The maximum absolute atomic E-state index is 4.47. The fourth-order valence-electron chi connectivity index (χ4n) is 3.43. The highest BCUT2D eigenvalue weighted by molar-refractivity contribution is 6.10. The number of benzene rings is 2. The van der Waals surface area contributed by atoms with Crippen molar-refractivity contribution in [3.8, 4) is 0 Å². The molecule has 4 rings (SSSR count). The summed E-state index contributed by atoms with van der Waals surface area (Å²) >= 11 is 0. The molecule has 108 valence electrons. The van der Waals surface area contributed by atoms with E-state index in [0.29, 0.717) is 0 Å². The minimum absolute atomic E-state index is 0.915. The molecule has 0 atom stereocenters. The lowest BCUT2D eigenvalue weighted by molar-refractivity contribution is 1.00. The Morgan fingerprint density at radius 3 is 2.59 bits per heavy atom. The van der Waals surface area contributed by atoms with Crippen molar-refractivity contribution in [3.63, 3.8) is 0 Å². The second kappa shape index (κ2) is 4.99. The highest BCUT2D eigenvalue weighted by atomic mass is 14.9. The van der Waals surface area contributed by atoms with Gasteiger partial charge < -0.3 is 4.57 Å². The molecule has 0 aliphatic rings. The van der Waals surface area contributed by atoms with Crippen LogP contribution in [0.3, 0.4) is 0 Å². The zero-order valence-electron chi connectivity index (χ0n) is 12.9. The van der Waals surface area contributed by atoms with E-state index in [4.69, 9.17) is 0 Å². The molecule has 2 aromatic carbocycles. The Labute approximate surface area is 130 Å². The highest BCUT2D eigenvalue weighted by Gasteiger charge is 2.13. The highest BCUT2D eigenvalue weighted by Crippen LogP contribution is 2.32. The number of hydrogen-bond donors (Lipinski definition) is 0. The van der Waals surface area contributed by atoms with Gasteiger partial charge in [0, 0.05) is 24.0 Å². The van der Waals surface area contributed by atoms with Crippen LogP contribution in [-0.4, -0.2) is 9.55 Å². The third-order valence-corrected chi connectivity index (χ3v) is 4.45. The molecule has 2 heteroatoms. The van der Waals surface area contributed by atoms with Crippen molar-refractivity contribution in [1.29, 1.82) is 0 Å². The lowest BCUT2D eigenvalue weighted by atomic mass is 10.0. The largest absolute Gasteiger partial charge is 0.342 e. The first-order valence-electron chi connectivity index (χ1n) is 7.60. The van der Waals surface area contributed by atoms with Crippen molar-refractivity contribution in [1.82, 2.24) is 9.55 Å². The van der Waals surface area contributed by atoms with E-state index < -0.39 is 0 Å². The molecule has 0 aliphatic carbocycles. The van der Waals surface area contributed by atoms with Gasteiger partial charge in [0.2, 0.25) is 0 Å². The Kier molecular flexibility index (Phi) is 2.97. The summed E-state index contributed by atoms with van der Waals surface area (Å²) in [6.45, 7) is 2.17. The maximum Gasteiger partial charge on any atom is 0.0678 e. The number of hydrogen-bond acceptors (Lipinski definition) is 1. The van der Waals surface area contributed by atoms with Crippen LogP contribution in [0.5, 0.6) is 0 Å². The molecule has 22 heavy (non-hydrogen) atoms. The van der Waals surface area contributed by atoms with E-state index in [1.54, 1.807) is 0 Å². The minimum atomic E-state index is 0.915. The Morgan fingerprint density at radius 1 is 0.955 bits per heavy atom. The number of aromatic nitrogens is 2. The summed E-state index contributed by atoms with van der Waals surface area (Å²) in [7, 11) is 2.13. The van der Waals surface area contributed by atoms with Gasteiger partial charge in [0.05, 0.1) is 17.2 Å². The second-order valence-electron chi connectivity index (χ2n) is 5.89. The predicted molar refractivity (Wildman–Crippen MR) is 92.2 cm³/mol. The van der Waals surface area contributed by atoms with Gasteiger partial charge >= 0.3 is 0 Å². The van der Waals surface area contributed by atoms with Gasteiger partial charge in [0.1, 0.15) is 0 Å². The van der Waals surface area contributed by atoms with Gasteiger partial charge in [-0.05, 0) is 30.0 Å². The van der Waals surface area contributed by atoms with Crippen molar-refractivity contribution >= 4 is 21.8 Å². The van der Waals surface area contributed by atoms with Crippen LogP contribution in [0.25, 0.3) is 21.8 Å². The summed E-state index contributed by atoms with van der Waals surface area (Å²) < 4.78 is 2.27. The molecule has 0 saturated carbocycles. The minimum Gasteiger partial charge on any atom is -0.342 e. The molecule has 0 spiro atoms. The van der Waals surface area contributed by atoms with Crippen LogP contribution in [0.4, 0.5) is 0 Å². The molecule has 0 unspecified atom stereocenters. The van der Waals surface area contributed by atoms with Crippen molar-refractivity contribution in [2.75, 3.05) is 0 Å². The van der Waals surface area contributed by atoms with E-state index in [9.17, 15) is 0 Å². The lowest BCUT2D eigenvalue weighted by Crippen LogP contribution is -1.92. The summed E-state index contributed by atoms with van der Waals surface area (Å²) in [5.41, 5.74) is 6.43. The van der Waals surface area contributed by atoms with Crippen LogP contribution in [0.15, 0.2) is 60.9 Å². The molecule has 4 aromatic rings. The third-order valence-electron chi connectivity index (χ3n) is 4.45. The Morgan fingerprint density at radius 2 is 1.77 bits per heavy atom. The molecule has 0 aliphatic heterocycles. The van der Waals surface area contributed by atoms with Gasteiger partial charge in [0.15, 0.2) is 0 Å². The summed E-state index contributed by atoms with van der Waals surface area (Å²) in [6.07, 6.45) is 4.90. The van der Waals surface area contributed by atoms with E-state index >= 15 is 0 Å². The van der Waals surface area contributed by atoms with Crippen LogP contribution < -0.4 is 0 Å². The zero-order valence-corrected chi connectivity index (χ0v) is 12.9. The fraction of sp³-hybridized carbons (Fsp3) is 0.150. The van der Waals surface area contributed by atoms with Crippen molar-refractivity contribution < 1.29 is 0 Å². The number of aryl methyl sites for hydroxylation is 2. The van der Waals surface area contributed by atoms with Gasteiger partial charge in [-0.3, -0.25) is 4.98 Å². The van der Waals surface area contributed by atoms with Gasteiger partial charge in [-0.15, -0.1) is 0 Å². The summed E-state index contributed by atoms with van der Waals surface area (Å²) in [5, 5.41) is 2.66. The zero-order chi connectivity index (χ0) is 15.1. The monoisotopic (exact) mass is 286 g/mol. The number of fused-ring (bicyclic) bond motifs is 3. The smallest absolute Gasteiger partial charge is 0.0678 e. The SMILES string of the molecule is Cc1cccc2c3c(Cc4ccccc4)cncc3n(C)c12. The van der Waals surface area contributed by atoms with Gasteiger partial charge in [0.25, 0.3) is 0 Å². The van der Waals surface area contributed by atoms with Gasteiger partial charge in [-0.1, -0.05) is 48.5 Å². The Hall–Kier alpha value is -2.61. The second-order valence-corrected chi connectivity index (χ2v) is 5.89. The average Bonchev–Trinajstić information content (AvgIpc) is 2.84. The van der Waals surface area contributed by atoms with Crippen LogP contribution in [0.2, 0.25) is 0 Å². The van der Waals surface area contributed by atoms with E-state index in [-0.39, 0.29) is 0 Å². The van der Waals surface area contributed by atoms with Gasteiger partial charge in [-0.25, -0.2) is 0 Å². The molecule has 0 N–H and O–H groups in total.